The Morgan fingerprint density at radius 1 is 0.969 bits per heavy atom. The highest BCUT2D eigenvalue weighted by Gasteiger charge is 2.15. The highest BCUT2D eigenvalue weighted by atomic mass is 79.9. The van der Waals surface area contributed by atoms with Crippen LogP contribution in [0.4, 0.5) is 0 Å². The summed E-state index contributed by atoms with van der Waals surface area (Å²) in [7, 11) is 4.07. The van der Waals surface area contributed by atoms with Gasteiger partial charge in [-0.2, -0.15) is 0 Å². The summed E-state index contributed by atoms with van der Waals surface area (Å²) >= 11 is 3.54. The number of hydrogen-bond donors (Lipinski definition) is 1. The molecule has 0 fully saturated rings. The summed E-state index contributed by atoms with van der Waals surface area (Å²) in [6.07, 6.45) is 5.13. The monoisotopic (exact) mass is 516 g/mol. The quantitative estimate of drug-likeness (QED) is 0.362. The Bertz CT molecular complexity index is 975. The molecule has 0 saturated heterocycles. The Hall–Kier alpha value is -2.18. The summed E-state index contributed by atoms with van der Waals surface area (Å²) in [5, 5.41) is 9.51. The molecule has 4 nitrogen and oxygen atoms in total. The fourth-order valence-corrected chi connectivity index (χ4v) is 3.67. The van der Waals surface area contributed by atoms with Crippen molar-refractivity contribution >= 4 is 39.5 Å². The zero-order valence-electron chi connectivity index (χ0n) is 18.5. The standard InChI is InChI=1S/C26H29BrN2O2.ClH/c1-29(2)16-18-31-24-13-9-21(10-14-24)26(20-7-11-23(27)12-8-20)25(6-4-17-30)22-5-3-15-28-19-22;/h3,5,7-15,19,30H,4,6,16-18H2,1-2H3;1H/b26-25-;. The van der Waals surface area contributed by atoms with Crippen LogP contribution in [0.2, 0.25) is 0 Å². The van der Waals surface area contributed by atoms with E-state index in [1.54, 1.807) is 6.20 Å². The normalized spacial score (nSPS) is 11.7. The van der Waals surface area contributed by atoms with E-state index in [9.17, 15) is 5.11 Å². The summed E-state index contributed by atoms with van der Waals surface area (Å²) in [5.74, 6) is 0.860. The van der Waals surface area contributed by atoms with E-state index in [1.165, 1.54) is 5.57 Å². The van der Waals surface area contributed by atoms with Crippen LogP contribution in [-0.4, -0.2) is 48.8 Å². The van der Waals surface area contributed by atoms with Gasteiger partial charge in [0.2, 0.25) is 0 Å². The molecular formula is C26H30BrClN2O2. The van der Waals surface area contributed by atoms with Crippen molar-refractivity contribution in [2.45, 2.75) is 12.8 Å². The molecule has 32 heavy (non-hydrogen) atoms. The minimum absolute atomic E-state index is 0. The van der Waals surface area contributed by atoms with Gasteiger partial charge in [0.25, 0.3) is 0 Å². The first-order valence-electron chi connectivity index (χ1n) is 10.5. The molecule has 0 amide bonds. The van der Waals surface area contributed by atoms with Crippen LogP contribution in [0.3, 0.4) is 0 Å². The van der Waals surface area contributed by atoms with Gasteiger partial charge in [0.05, 0.1) is 0 Å². The summed E-state index contributed by atoms with van der Waals surface area (Å²) in [4.78, 5) is 6.43. The van der Waals surface area contributed by atoms with Crippen molar-refractivity contribution in [3.63, 3.8) is 0 Å². The summed E-state index contributed by atoms with van der Waals surface area (Å²) in [6, 6.07) is 20.7. The minimum Gasteiger partial charge on any atom is -0.492 e. The first kappa shape index (κ1) is 26.1. The van der Waals surface area contributed by atoms with Crippen molar-refractivity contribution < 1.29 is 9.84 Å². The van der Waals surface area contributed by atoms with Crippen LogP contribution in [0, 0.1) is 0 Å². The molecule has 3 aromatic rings. The fourth-order valence-electron chi connectivity index (χ4n) is 3.41. The van der Waals surface area contributed by atoms with Crippen LogP contribution in [-0.2, 0) is 0 Å². The number of nitrogens with zero attached hydrogens (tertiary/aromatic N) is 2. The molecule has 1 heterocycles. The topological polar surface area (TPSA) is 45.6 Å². The summed E-state index contributed by atoms with van der Waals surface area (Å²) in [6.45, 7) is 1.67. The van der Waals surface area contributed by atoms with Crippen LogP contribution >= 0.6 is 28.3 Å². The second kappa shape index (κ2) is 13.4. The van der Waals surface area contributed by atoms with Gasteiger partial charge in [-0.1, -0.05) is 46.3 Å². The number of aromatic nitrogens is 1. The van der Waals surface area contributed by atoms with E-state index in [0.29, 0.717) is 13.0 Å². The number of aliphatic hydroxyl groups is 1. The maximum absolute atomic E-state index is 9.51. The highest BCUT2D eigenvalue weighted by Crippen LogP contribution is 2.36. The van der Waals surface area contributed by atoms with Crippen LogP contribution in [0.1, 0.15) is 29.5 Å². The van der Waals surface area contributed by atoms with E-state index in [1.807, 2.05) is 38.5 Å². The molecule has 1 N–H and O–H groups in total. The van der Waals surface area contributed by atoms with Crippen LogP contribution in [0.15, 0.2) is 77.5 Å². The molecule has 0 unspecified atom stereocenters. The number of aliphatic hydroxyl groups excluding tert-OH is 1. The molecule has 0 atom stereocenters. The molecule has 2 aromatic carbocycles. The van der Waals surface area contributed by atoms with Crippen molar-refractivity contribution in [3.8, 4) is 5.75 Å². The van der Waals surface area contributed by atoms with Crippen molar-refractivity contribution in [2.24, 2.45) is 0 Å². The molecule has 0 aliphatic carbocycles. The van der Waals surface area contributed by atoms with Gasteiger partial charge in [0.15, 0.2) is 0 Å². The Morgan fingerprint density at radius 2 is 1.62 bits per heavy atom. The number of likely N-dealkylation sites (N-methyl/N-ethyl adjacent to an activating group) is 1. The number of hydrogen-bond acceptors (Lipinski definition) is 4. The lowest BCUT2D eigenvalue weighted by molar-refractivity contribution is 0.261. The van der Waals surface area contributed by atoms with E-state index in [2.05, 4.69) is 68.3 Å². The van der Waals surface area contributed by atoms with Gasteiger partial charge >= 0.3 is 0 Å². The first-order valence-corrected chi connectivity index (χ1v) is 11.3. The van der Waals surface area contributed by atoms with Crippen molar-refractivity contribution in [1.82, 2.24) is 9.88 Å². The van der Waals surface area contributed by atoms with E-state index >= 15 is 0 Å². The zero-order chi connectivity index (χ0) is 22.1. The highest BCUT2D eigenvalue weighted by molar-refractivity contribution is 9.10. The lowest BCUT2D eigenvalue weighted by atomic mass is 9.88. The minimum atomic E-state index is 0. The maximum Gasteiger partial charge on any atom is 0.119 e. The van der Waals surface area contributed by atoms with E-state index in [0.717, 1.165) is 45.5 Å². The number of rotatable bonds is 10. The average molecular weight is 518 g/mol. The number of pyridine rings is 1. The lowest BCUT2D eigenvalue weighted by Gasteiger charge is -2.18. The first-order chi connectivity index (χ1) is 15.1. The number of halogens is 2. The molecule has 0 aliphatic rings. The second-order valence-corrected chi connectivity index (χ2v) is 8.52. The van der Waals surface area contributed by atoms with Gasteiger partial charge in [-0.25, -0.2) is 0 Å². The van der Waals surface area contributed by atoms with Crippen LogP contribution in [0.25, 0.3) is 11.1 Å². The Kier molecular flexibility index (Phi) is 10.9. The predicted octanol–water partition coefficient (Wildman–Crippen LogP) is 5.94. The van der Waals surface area contributed by atoms with Crippen molar-refractivity contribution in [3.05, 3.63) is 94.2 Å². The molecule has 0 saturated carbocycles. The second-order valence-electron chi connectivity index (χ2n) is 7.61. The third kappa shape index (κ3) is 7.45. The van der Waals surface area contributed by atoms with Crippen molar-refractivity contribution in [1.29, 1.82) is 0 Å². The molecule has 0 spiro atoms. The maximum atomic E-state index is 9.51. The van der Waals surface area contributed by atoms with Gasteiger partial charge in [0.1, 0.15) is 12.4 Å². The van der Waals surface area contributed by atoms with Gasteiger partial charge in [-0.05, 0) is 85.1 Å². The smallest absolute Gasteiger partial charge is 0.119 e. The van der Waals surface area contributed by atoms with Crippen molar-refractivity contribution in [2.75, 3.05) is 33.9 Å². The average Bonchev–Trinajstić information content (AvgIpc) is 2.79. The molecular weight excluding hydrogens is 488 g/mol. The van der Waals surface area contributed by atoms with Crippen LogP contribution in [0.5, 0.6) is 5.75 Å². The predicted molar refractivity (Wildman–Crippen MR) is 138 cm³/mol. The van der Waals surface area contributed by atoms with Crippen LogP contribution < -0.4 is 4.74 Å². The Labute approximate surface area is 205 Å². The summed E-state index contributed by atoms with van der Waals surface area (Å²) in [5.41, 5.74) is 5.63. The molecule has 170 valence electrons. The molecule has 0 radical (unpaired) electrons. The number of benzene rings is 2. The molecule has 6 heteroatoms. The Morgan fingerprint density at radius 3 is 2.19 bits per heavy atom. The zero-order valence-corrected chi connectivity index (χ0v) is 20.9. The fraction of sp³-hybridized carbons (Fsp3) is 0.269. The Balaban J connectivity index is 0.00000363. The third-order valence-corrected chi connectivity index (χ3v) is 5.51. The SMILES string of the molecule is CN(C)CCOc1ccc(/C(=C(/CCCO)c2cccnc2)c2ccc(Br)cc2)cc1.Cl. The third-order valence-electron chi connectivity index (χ3n) is 4.98. The lowest BCUT2D eigenvalue weighted by Crippen LogP contribution is -2.19. The van der Waals surface area contributed by atoms with Gasteiger partial charge < -0.3 is 14.7 Å². The van der Waals surface area contributed by atoms with E-state index in [-0.39, 0.29) is 19.0 Å². The van der Waals surface area contributed by atoms with Gasteiger partial charge in [-0.3, -0.25) is 4.98 Å². The number of ether oxygens (including phenoxy) is 1. The van der Waals surface area contributed by atoms with E-state index < -0.39 is 0 Å². The van der Waals surface area contributed by atoms with Gasteiger partial charge in [0, 0.05) is 30.0 Å². The number of allylic oxidation sites excluding steroid dienone is 1. The molecule has 0 aliphatic heterocycles. The van der Waals surface area contributed by atoms with E-state index in [4.69, 9.17) is 4.74 Å². The molecule has 0 bridgehead atoms. The summed E-state index contributed by atoms with van der Waals surface area (Å²) < 4.78 is 6.92. The molecule has 1 aromatic heterocycles. The largest absolute Gasteiger partial charge is 0.492 e. The molecule has 3 rings (SSSR count). The van der Waals surface area contributed by atoms with Gasteiger partial charge in [-0.15, -0.1) is 12.4 Å².